The number of benzene rings is 1. The predicted molar refractivity (Wildman–Crippen MR) is 89.5 cm³/mol. The zero-order valence-electron chi connectivity index (χ0n) is 13.9. The SMILES string of the molecule is COC(=O)C1Cc2c(c(Cl)cc(F)c2N2C(=O)C3=C(CCCC3)C2=O)O1. The van der Waals surface area contributed by atoms with Crippen LogP contribution in [0.2, 0.25) is 5.02 Å². The van der Waals surface area contributed by atoms with Crippen LogP contribution in [0.4, 0.5) is 10.1 Å². The molecule has 26 heavy (non-hydrogen) atoms. The normalized spacial score (nSPS) is 21.7. The van der Waals surface area contributed by atoms with Gasteiger partial charge in [-0.25, -0.2) is 14.1 Å². The zero-order valence-corrected chi connectivity index (χ0v) is 14.7. The quantitative estimate of drug-likeness (QED) is 0.583. The molecule has 136 valence electrons. The third-order valence-electron chi connectivity index (χ3n) is 4.98. The summed E-state index contributed by atoms with van der Waals surface area (Å²) >= 11 is 6.05. The molecule has 0 saturated heterocycles. The second-order valence-corrected chi connectivity index (χ2v) is 6.85. The van der Waals surface area contributed by atoms with Crippen molar-refractivity contribution in [1.29, 1.82) is 0 Å². The first kappa shape index (κ1) is 17.0. The highest BCUT2D eigenvalue weighted by atomic mass is 35.5. The molecule has 0 bridgehead atoms. The molecule has 3 aliphatic rings. The van der Waals surface area contributed by atoms with Gasteiger partial charge >= 0.3 is 5.97 Å². The van der Waals surface area contributed by atoms with Gasteiger partial charge in [0, 0.05) is 23.1 Å². The number of imide groups is 1. The minimum absolute atomic E-state index is 0.0236. The van der Waals surface area contributed by atoms with Crippen LogP contribution < -0.4 is 9.64 Å². The van der Waals surface area contributed by atoms with Crippen LogP contribution >= 0.6 is 11.6 Å². The molecule has 1 atom stereocenters. The summed E-state index contributed by atoms with van der Waals surface area (Å²) in [6, 6.07) is 0.993. The van der Waals surface area contributed by atoms with Crippen molar-refractivity contribution in [2.45, 2.75) is 38.2 Å². The number of methoxy groups -OCH3 is 1. The van der Waals surface area contributed by atoms with Crippen molar-refractivity contribution < 1.29 is 28.2 Å². The van der Waals surface area contributed by atoms with E-state index >= 15 is 0 Å². The molecule has 0 N–H and O–H groups in total. The van der Waals surface area contributed by atoms with Crippen LogP contribution in [-0.2, 0) is 25.5 Å². The average molecular weight is 380 g/mol. The Kier molecular flexibility index (Phi) is 3.99. The molecule has 4 rings (SSSR count). The van der Waals surface area contributed by atoms with Gasteiger partial charge in [0.1, 0.15) is 11.6 Å². The van der Waals surface area contributed by atoms with E-state index in [1.807, 2.05) is 0 Å². The lowest BCUT2D eigenvalue weighted by atomic mass is 9.93. The molecule has 1 aromatic rings. The number of nitrogens with zero attached hydrogens (tertiary/aromatic N) is 1. The van der Waals surface area contributed by atoms with E-state index in [4.69, 9.17) is 16.3 Å². The third kappa shape index (κ3) is 2.34. The fraction of sp³-hybridized carbons (Fsp3) is 0.389. The topological polar surface area (TPSA) is 72.9 Å². The second-order valence-electron chi connectivity index (χ2n) is 6.44. The highest BCUT2D eigenvalue weighted by Gasteiger charge is 2.44. The summed E-state index contributed by atoms with van der Waals surface area (Å²) in [5.41, 5.74) is 0.952. The number of amides is 2. The minimum atomic E-state index is -0.997. The monoisotopic (exact) mass is 379 g/mol. The number of rotatable bonds is 2. The van der Waals surface area contributed by atoms with E-state index in [9.17, 15) is 18.8 Å². The zero-order chi connectivity index (χ0) is 18.6. The molecule has 0 spiro atoms. The molecule has 0 aromatic heterocycles. The Morgan fingerprint density at radius 3 is 2.46 bits per heavy atom. The summed E-state index contributed by atoms with van der Waals surface area (Å²) in [6.45, 7) is 0. The number of carbonyl (C=O) groups excluding carboxylic acids is 3. The number of hydrogen-bond acceptors (Lipinski definition) is 5. The Morgan fingerprint density at radius 2 is 1.88 bits per heavy atom. The highest BCUT2D eigenvalue weighted by molar-refractivity contribution is 6.35. The summed E-state index contributed by atoms with van der Waals surface area (Å²) in [4.78, 5) is 38.2. The number of fused-ring (bicyclic) bond motifs is 1. The largest absolute Gasteiger partial charge is 0.476 e. The molecule has 8 heteroatoms. The van der Waals surface area contributed by atoms with E-state index in [0.717, 1.165) is 23.8 Å². The second kappa shape index (κ2) is 6.09. The third-order valence-corrected chi connectivity index (χ3v) is 5.26. The Bertz CT molecular complexity index is 866. The van der Waals surface area contributed by atoms with Gasteiger partial charge in [-0.3, -0.25) is 9.59 Å². The van der Waals surface area contributed by atoms with Gasteiger partial charge in [0.05, 0.1) is 17.8 Å². The first-order valence-corrected chi connectivity index (χ1v) is 8.68. The fourth-order valence-corrected chi connectivity index (χ4v) is 4.03. The van der Waals surface area contributed by atoms with Crippen LogP contribution in [0.3, 0.4) is 0 Å². The Labute approximate surface area is 153 Å². The van der Waals surface area contributed by atoms with Crippen molar-refractivity contribution in [1.82, 2.24) is 0 Å². The van der Waals surface area contributed by atoms with Gasteiger partial charge < -0.3 is 9.47 Å². The van der Waals surface area contributed by atoms with Gasteiger partial charge in [-0.15, -0.1) is 0 Å². The van der Waals surface area contributed by atoms with Crippen molar-refractivity contribution in [3.8, 4) is 5.75 Å². The van der Waals surface area contributed by atoms with E-state index in [0.29, 0.717) is 24.0 Å². The Hall–Kier alpha value is -2.41. The predicted octanol–water partition coefficient (Wildman–Crippen LogP) is 2.70. The molecule has 1 aliphatic carbocycles. The molecule has 0 saturated carbocycles. The summed E-state index contributed by atoms with van der Waals surface area (Å²) in [7, 11) is 1.21. The number of anilines is 1. The van der Waals surface area contributed by atoms with Crippen LogP contribution in [-0.4, -0.2) is 31.0 Å². The number of hydrogen-bond donors (Lipinski definition) is 0. The lowest BCUT2D eigenvalue weighted by molar-refractivity contribution is -0.147. The molecule has 1 unspecified atom stereocenters. The van der Waals surface area contributed by atoms with Crippen molar-refractivity contribution in [2.24, 2.45) is 0 Å². The minimum Gasteiger partial charge on any atom is -0.476 e. The van der Waals surface area contributed by atoms with E-state index in [2.05, 4.69) is 4.74 Å². The van der Waals surface area contributed by atoms with Crippen LogP contribution in [0.15, 0.2) is 17.2 Å². The van der Waals surface area contributed by atoms with Crippen molar-refractivity contribution in [3.63, 3.8) is 0 Å². The van der Waals surface area contributed by atoms with Gasteiger partial charge in [-0.1, -0.05) is 11.6 Å². The maximum absolute atomic E-state index is 14.8. The highest BCUT2D eigenvalue weighted by Crippen LogP contribution is 2.46. The van der Waals surface area contributed by atoms with E-state index in [-0.39, 0.29) is 28.4 Å². The standard InChI is InChI=1S/C18H15ClFNO5/c1-25-18(24)13-6-10-14(12(20)7-11(19)15(10)26-13)21-16(22)8-4-2-3-5-9(8)17(21)23/h7,13H,2-6H2,1H3. The maximum atomic E-state index is 14.8. The summed E-state index contributed by atoms with van der Waals surface area (Å²) in [6.07, 6.45) is 1.63. The number of esters is 1. The van der Waals surface area contributed by atoms with Crippen molar-refractivity contribution in [3.05, 3.63) is 33.6 Å². The van der Waals surface area contributed by atoms with E-state index in [1.54, 1.807) is 0 Å². The number of halogens is 2. The van der Waals surface area contributed by atoms with Crippen LogP contribution in [0, 0.1) is 5.82 Å². The molecule has 1 aromatic carbocycles. The lowest BCUT2D eigenvalue weighted by Crippen LogP contribution is -2.33. The first-order chi connectivity index (χ1) is 12.4. The van der Waals surface area contributed by atoms with Crippen molar-refractivity contribution >= 4 is 35.1 Å². The van der Waals surface area contributed by atoms with E-state index in [1.165, 1.54) is 7.11 Å². The van der Waals surface area contributed by atoms with Gasteiger partial charge in [0.15, 0.2) is 6.10 Å². The summed E-state index contributed by atoms with van der Waals surface area (Å²) in [5.74, 6) is -2.35. The van der Waals surface area contributed by atoms with Gasteiger partial charge in [-0.05, 0) is 31.7 Å². The molecular formula is C18H15ClFNO5. The van der Waals surface area contributed by atoms with Crippen LogP contribution in [0.25, 0.3) is 0 Å². The molecule has 6 nitrogen and oxygen atoms in total. The van der Waals surface area contributed by atoms with Crippen LogP contribution in [0.1, 0.15) is 31.2 Å². The molecule has 2 heterocycles. The lowest BCUT2D eigenvalue weighted by Gasteiger charge is -2.19. The number of carbonyl (C=O) groups is 3. The molecular weight excluding hydrogens is 365 g/mol. The summed E-state index contributed by atoms with van der Waals surface area (Å²) < 4.78 is 24.9. The molecule has 0 fully saturated rings. The van der Waals surface area contributed by atoms with E-state index < -0.39 is 29.7 Å². The summed E-state index contributed by atoms with van der Waals surface area (Å²) in [5, 5.41) is -0.0236. The molecule has 2 aliphatic heterocycles. The maximum Gasteiger partial charge on any atom is 0.347 e. The van der Waals surface area contributed by atoms with Gasteiger partial charge in [0.2, 0.25) is 0 Å². The smallest absolute Gasteiger partial charge is 0.347 e. The molecule has 2 amide bonds. The number of ether oxygens (including phenoxy) is 2. The van der Waals surface area contributed by atoms with Crippen LogP contribution in [0.5, 0.6) is 5.75 Å². The average Bonchev–Trinajstić information content (AvgIpc) is 3.18. The van der Waals surface area contributed by atoms with Crippen molar-refractivity contribution in [2.75, 3.05) is 12.0 Å². The van der Waals surface area contributed by atoms with Gasteiger partial charge in [0.25, 0.3) is 11.8 Å². The van der Waals surface area contributed by atoms with Gasteiger partial charge in [-0.2, -0.15) is 0 Å². The Morgan fingerprint density at radius 1 is 1.27 bits per heavy atom. The fourth-order valence-electron chi connectivity index (χ4n) is 3.77. The first-order valence-electron chi connectivity index (χ1n) is 8.30. The molecule has 0 radical (unpaired) electrons. The Balaban J connectivity index is 1.80.